The summed E-state index contributed by atoms with van der Waals surface area (Å²) in [5.41, 5.74) is 8.95. The molecular formula is C30H26. The van der Waals surface area contributed by atoms with E-state index in [1.54, 1.807) is 0 Å². The van der Waals surface area contributed by atoms with E-state index in [0.29, 0.717) is 11.8 Å². The lowest BCUT2D eigenvalue weighted by Crippen LogP contribution is -2.03. The lowest BCUT2D eigenvalue weighted by Gasteiger charge is -2.20. The van der Waals surface area contributed by atoms with E-state index in [1.807, 2.05) is 0 Å². The van der Waals surface area contributed by atoms with Crippen molar-refractivity contribution >= 4 is 33.7 Å². The van der Waals surface area contributed by atoms with Gasteiger partial charge in [0.1, 0.15) is 0 Å². The molecule has 0 N–H and O–H groups in total. The zero-order valence-electron chi connectivity index (χ0n) is 17.7. The summed E-state index contributed by atoms with van der Waals surface area (Å²) in [6.45, 7) is 4.64. The second kappa shape index (κ2) is 6.71. The van der Waals surface area contributed by atoms with Gasteiger partial charge in [-0.1, -0.05) is 96.1 Å². The molecule has 2 unspecified atom stereocenters. The molecule has 4 aromatic carbocycles. The number of fused-ring (bicyclic) bond motifs is 6. The first kappa shape index (κ1) is 17.7. The summed E-state index contributed by atoms with van der Waals surface area (Å²) in [6.07, 6.45) is 7.27. The van der Waals surface area contributed by atoms with E-state index in [9.17, 15) is 0 Å². The zero-order chi connectivity index (χ0) is 20.2. The molecule has 0 amide bonds. The highest BCUT2D eigenvalue weighted by Gasteiger charge is 2.28. The quantitative estimate of drug-likeness (QED) is 0.331. The average Bonchev–Trinajstić information content (AvgIpc) is 3.28. The van der Waals surface area contributed by atoms with E-state index >= 15 is 0 Å². The molecule has 2 aliphatic rings. The van der Waals surface area contributed by atoms with Crippen molar-refractivity contribution in [3.63, 3.8) is 0 Å². The number of hydrogen-bond donors (Lipinski definition) is 0. The van der Waals surface area contributed by atoms with Crippen molar-refractivity contribution in [2.75, 3.05) is 0 Å². The minimum absolute atomic E-state index is 0.543. The minimum atomic E-state index is 0.543. The Morgan fingerprint density at radius 3 is 1.43 bits per heavy atom. The molecule has 0 aromatic heterocycles. The van der Waals surface area contributed by atoms with Gasteiger partial charge in [0.15, 0.2) is 0 Å². The number of hydrogen-bond acceptors (Lipinski definition) is 0. The van der Waals surface area contributed by atoms with Crippen molar-refractivity contribution in [3.05, 3.63) is 106 Å². The van der Waals surface area contributed by atoms with E-state index in [1.165, 1.54) is 67.8 Å². The van der Waals surface area contributed by atoms with Crippen molar-refractivity contribution in [2.45, 2.75) is 38.5 Å². The highest BCUT2D eigenvalue weighted by molar-refractivity contribution is 5.95. The molecule has 2 aliphatic carbocycles. The third-order valence-electron chi connectivity index (χ3n) is 7.35. The van der Waals surface area contributed by atoms with Crippen LogP contribution in [0.15, 0.2) is 83.9 Å². The van der Waals surface area contributed by atoms with E-state index in [2.05, 4.69) is 98.8 Å². The Hall–Kier alpha value is -3.12. The first-order chi connectivity index (χ1) is 14.7. The van der Waals surface area contributed by atoms with Crippen molar-refractivity contribution in [3.8, 4) is 0 Å². The van der Waals surface area contributed by atoms with Crippen LogP contribution in [0.4, 0.5) is 0 Å². The summed E-state index contributed by atoms with van der Waals surface area (Å²) in [7, 11) is 0. The molecule has 0 saturated heterocycles. The molecule has 0 spiro atoms. The van der Waals surface area contributed by atoms with E-state index in [0.717, 1.165) is 0 Å². The van der Waals surface area contributed by atoms with Gasteiger partial charge in [0, 0.05) is 11.8 Å². The van der Waals surface area contributed by atoms with E-state index < -0.39 is 0 Å². The Labute approximate surface area is 178 Å². The predicted molar refractivity (Wildman–Crippen MR) is 130 cm³/mol. The molecule has 30 heavy (non-hydrogen) atoms. The van der Waals surface area contributed by atoms with Gasteiger partial charge in [-0.3, -0.25) is 0 Å². The molecule has 2 atom stereocenters. The van der Waals surface area contributed by atoms with Gasteiger partial charge in [-0.25, -0.2) is 0 Å². The molecule has 0 radical (unpaired) electrons. The summed E-state index contributed by atoms with van der Waals surface area (Å²) in [5.74, 6) is 1.09. The monoisotopic (exact) mass is 386 g/mol. The molecule has 0 nitrogen and oxygen atoms in total. The van der Waals surface area contributed by atoms with Crippen LogP contribution < -0.4 is 0 Å². The van der Waals surface area contributed by atoms with Gasteiger partial charge in [-0.15, -0.1) is 0 Å². The van der Waals surface area contributed by atoms with Crippen LogP contribution in [0, 0.1) is 0 Å². The second-order valence-corrected chi connectivity index (χ2v) is 9.04. The normalized spacial score (nSPS) is 19.7. The molecule has 0 bridgehead atoms. The molecular weight excluding hydrogens is 360 g/mol. The van der Waals surface area contributed by atoms with Crippen molar-refractivity contribution < 1.29 is 0 Å². The van der Waals surface area contributed by atoms with E-state index in [-0.39, 0.29) is 0 Å². The third kappa shape index (κ3) is 2.60. The van der Waals surface area contributed by atoms with Crippen molar-refractivity contribution in [1.82, 2.24) is 0 Å². The summed E-state index contributed by atoms with van der Waals surface area (Å²) in [6, 6.07) is 26.9. The van der Waals surface area contributed by atoms with Crippen molar-refractivity contribution in [2.24, 2.45) is 0 Å². The maximum Gasteiger partial charge on any atom is 0.00552 e. The third-order valence-corrected chi connectivity index (χ3v) is 7.35. The fourth-order valence-corrected chi connectivity index (χ4v) is 5.80. The van der Waals surface area contributed by atoms with Gasteiger partial charge in [0.25, 0.3) is 0 Å². The predicted octanol–water partition coefficient (Wildman–Crippen LogP) is 8.47. The fourth-order valence-electron chi connectivity index (χ4n) is 5.80. The average molecular weight is 387 g/mol. The topological polar surface area (TPSA) is 0 Å². The number of allylic oxidation sites excluding steroid dienone is 2. The highest BCUT2D eigenvalue weighted by atomic mass is 14.3. The summed E-state index contributed by atoms with van der Waals surface area (Å²) in [4.78, 5) is 0. The Morgan fingerprint density at radius 1 is 0.533 bits per heavy atom. The maximum atomic E-state index is 2.43. The highest BCUT2D eigenvalue weighted by Crippen LogP contribution is 2.47. The molecule has 0 aliphatic heterocycles. The molecule has 4 aromatic rings. The van der Waals surface area contributed by atoms with Crippen LogP contribution in [0.2, 0.25) is 0 Å². The van der Waals surface area contributed by atoms with Crippen LogP contribution in [-0.4, -0.2) is 0 Å². The standard InChI is InChI=1S/C30H26/c1-19-17-29-25-9-5-3-7-21(25)11-13-27(29)23(19)15-16-24-20(2)18-30-26-10-6-4-8-22(26)12-14-28(24)30/h3-14,17-18,23-24H,15-16H2,1-2H3. The van der Waals surface area contributed by atoms with Gasteiger partial charge in [0.05, 0.1) is 0 Å². The van der Waals surface area contributed by atoms with Crippen LogP contribution in [0.5, 0.6) is 0 Å². The molecule has 146 valence electrons. The SMILES string of the molecule is CC1=Cc2c(ccc3ccccc23)C1CCC1C(C)=Cc2c1ccc1ccccc21. The minimum Gasteiger partial charge on any atom is -0.0652 e. The Morgan fingerprint density at radius 2 is 0.967 bits per heavy atom. The lowest BCUT2D eigenvalue weighted by atomic mass is 9.84. The Kier molecular flexibility index (Phi) is 3.96. The smallest absolute Gasteiger partial charge is 0.00552 e. The van der Waals surface area contributed by atoms with Gasteiger partial charge in [-0.2, -0.15) is 0 Å². The van der Waals surface area contributed by atoms with Gasteiger partial charge < -0.3 is 0 Å². The van der Waals surface area contributed by atoms with Gasteiger partial charge in [0.2, 0.25) is 0 Å². The first-order valence-corrected chi connectivity index (χ1v) is 11.1. The molecule has 0 saturated carbocycles. The van der Waals surface area contributed by atoms with Crippen molar-refractivity contribution in [1.29, 1.82) is 0 Å². The fraction of sp³-hybridized carbons (Fsp3) is 0.200. The van der Waals surface area contributed by atoms with Crippen LogP contribution in [0.3, 0.4) is 0 Å². The Bertz CT molecular complexity index is 1260. The van der Waals surface area contributed by atoms with Crippen LogP contribution in [0.1, 0.15) is 60.8 Å². The molecule has 0 heterocycles. The van der Waals surface area contributed by atoms with Gasteiger partial charge in [-0.05, 0) is 70.5 Å². The van der Waals surface area contributed by atoms with E-state index in [4.69, 9.17) is 0 Å². The summed E-state index contributed by atoms with van der Waals surface area (Å²) < 4.78 is 0. The number of benzene rings is 4. The van der Waals surface area contributed by atoms with Crippen LogP contribution in [-0.2, 0) is 0 Å². The molecule has 0 fully saturated rings. The van der Waals surface area contributed by atoms with Crippen LogP contribution >= 0.6 is 0 Å². The molecule has 6 rings (SSSR count). The molecule has 0 heteroatoms. The van der Waals surface area contributed by atoms with Gasteiger partial charge >= 0.3 is 0 Å². The Balaban J connectivity index is 1.32. The maximum absolute atomic E-state index is 2.43. The lowest BCUT2D eigenvalue weighted by molar-refractivity contribution is 0.612. The zero-order valence-corrected chi connectivity index (χ0v) is 17.7. The second-order valence-electron chi connectivity index (χ2n) is 9.04. The summed E-state index contributed by atoms with van der Waals surface area (Å²) in [5, 5.41) is 5.48. The first-order valence-electron chi connectivity index (χ1n) is 11.1. The summed E-state index contributed by atoms with van der Waals surface area (Å²) >= 11 is 0. The van der Waals surface area contributed by atoms with Crippen LogP contribution in [0.25, 0.3) is 33.7 Å². The number of rotatable bonds is 3. The largest absolute Gasteiger partial charge is 0.0652 e.